The van der Waals surface area contributed by atoms with E-state index in [1.807, 2.05) is 81.4 Å². The number of carbonyl (C=O) groups excluding carboxylic acids is 2. The van der Waals surface area contributed by atoms with Gasteiger partial charge in [0.15, 0.2) is 0 Å². The number of esters is 1. The van der Waals surface area contributed by atoms with Gasteiger partial charge in [0.25, 0.3) is 0 Å². The van der Waals surface area contributed by atoms with E-state index < -0.39 is 17.7 Å². The number of carbonyl (C=O) groups is 2. The first kappa shape index (κ1) is 31.8. The fraction of sp³-hybridized carbons (Fsp3) is 0.316. The van der Waals surface area contributed by atoms with Gasteiger partial charge in [0.1, 0.15) is 30.1 Å². The second-order valence-electron chi connectivity index (χ2n) is 12.2. The third-order valence-corrected chi connectivity index (χ3v) is 7.57. The Labute approximate surface area is 265 Å². The van der Waals surface area contributed by atoms with Crippen molar-refractivity contribution in [3.63, 3.8) is 0 Å². The molecule has 0 radical (unpaired) electrons. The highest BCUT2D eigenvalue weighted by Crippen LogP contribution is 2.31. The summed E-state index contributed by atoms with van der Waals surface area (Å²) < 4.78 is 23.2. The molecule has 1 amide bonds. The fourth-order valence-electron chi connectivity index (χ4n) is 5.19. The third kappa shape index (κ3) is 9.19. The van der Waals surface area contributed by atoms with Crippen molar-refractivity contribution in [2.75, 3.05) is 18.1 Å². The maximum absolute atomic E-state index is 13.6. The summed E-state index contributed by atoms with van der Waals surface area (Å²) in [6.07, 6.45) is 1.52. The minimum Gasteiger partial charge on any atom is -0.488 e. The van der Waals surface area contributed by atoms with E-state index in [2.05, 4.69) is 24.3 Å². The molecule has 0 N–H and O–H groups in total. The quantitative estimate of drug-likeness (QED) is 0.168. The maximum atomic E-state index is 13.6. The number of ether oxygens (including phenoxy) is 4. The van der Waals surface area contributed by atoms with Gasteiger partial charge in [0.2, 0.25) is 0 Å². The van der Waals surface area contributed by atoms with E-state index in [0.717, 1.165) is 42.7 Å². The Kier molecular flexibility index (Phi) is 10.5. The lowest BCUT2D eigenvalue weighted by Crippen LogP contribution is -2.36. The first-order chi connectivity index (χ1) is 21.7. The molecule has 4 aromatic rings. The largest absolute Gasteiger partial charge is 0.488 e. The molecule has 0 bridgehead atoms. The highest BCUT2D eigenvalue weighted by molar-refractivity contribution is 5.95. The zero-order valence-electron chi connectivity index (χ0n) is 26.2. The summed E-state index contributed by atoms with van der Waals surface area (Å²) in [5, 5.41) is 0. The molecule has 0 aromatic heterocycles. The lowest BCUT2D eigenvalue weighted by molar-refractivity contribution is 0.0467. The van der Waals surface area contributed by atoms with Crippen LogP contribution in [0.4, 0.5) is 10.5 Å². The van der Waals surface area contributed by atoms with Crippen LogP contribution in [0.5, 0.6) is 5.75 Å². The van der Waals surface area contributed by atoms with E-state index in [4.69, 9.17) is 18.9 Å². The zero-order valence-corrected chi connectivity index (χ0v) is 26.2. The summed E-state index contributed by atoms with van der Waals surface area (Å²) in [5.41, 5.74) is 4.18. The summed E-state index contributed by atoms with van der Waals surface area (Å²) in [5.74, 6) is 0.284. The summed E-state index contributed by atoms with van der Waals surface area (Å²) in [6.45, 7) is 7.73. The van der Waals surface area contributed by atoms with Gasteiger partial charge in [-0.3, -0.25) is 4.90 Å². The Morgan fingerprint density at radius 3 is 2.02 bits per heavy atom. The molecular weight excluding hydrogens is 566 g/mol. The number of nitrogens with zero attached hydrogens (tertiary/aromatic N) is 1. The predicted molar refractivity (Wildman–Crippen MR) is 174 cm³/mol. The first-order valence-electron chi connectivity index (χ1n) is 15.4. The molecule has 0 saturated carbocycles. The van der Waals surface area contributed by atoms with E-state index in [1.165, 1.54) is 5.56 Å². The number of benzene rings is 4. The number of hydrogen-bond donors (Lipinski definition) is 0. The van der Waals surface area contributed by atoms with Crippen LogP contribution in [-0.2, 0) is 34.0 Å². The Morgan fingerprint density at radius 1 is 0.778 bits per heavy atom. The van der Waals surface area contributed by atoms with E-state index in [9.17, 15) is 9.59 Å². The molecule has 234 valence electrons. The first-order valence-corrected chi connectivity index (χ1v) is 15.4. The molecule has 1 aliphatic rings. The molecule has 1 heterocycles. The molecule has 1 aliphatic heterocycles. The van der Waals surface area contributed by atoms with Gasteiger partial charge in [-0.05, 0) is 73.9 Å². The van der Waals surface area contributed by atoms with Gasteiger partial charge in [0, 0.05) is 19.3 Å². The van der Waals surface area contributed by atoms with Crippen molar-refractivity contribution in [3.8, 4) is 5.75 Å². The topological polar surface area (TPSA) is 74.3 Å². The van der Waals surface area contributed by atoms with E-state index in [1.54, 1.807) is 23.1 Å². The SMILES string of the molecule is CC(C)(C)OC(=O)N(Cc1ccc(C2CCOCC2)cc1)c1ccc(C(=O)OCc2ccccc2)c(OCc2ccccc2)c1. The van der Waals surface area contributed by atoms with Gasteiger partial charge in [0.05, 0.1) is 12.2 Å². The average Bonchev–Trinajstić information content (AvgIpc) is 3.06. The van der Waals surface area contributed by atoms with Crippen LogP contribution in [0.25, 0.3) is 0 Å². The zero-order chi connectivity index (χ0) is 31.6. The van der Waals surface area contributed by atoms with Crippen molar-refractivity contribution in [1.29, 1.82) is 0 Å². The Bertz CT molecular complexity index is 1540. The smallest absolute Gasteiger partial charge is 0.415 e. The Balaban J connectivity index is 1.43. The monoisotopic (exact) mass is 607 g/mol. The molecule has 7 heteroatoms. The molecule has 0 unspecified atom stereocenters. The minimum atomic E-state index is -0.698. The van der Waals surface area contributed by atoms with Crippen LogP contribution < -0.4 is 9.64 Å². The summed E-state index contributed by atoms with van der Waals surface area (Å²) in [4.78, 5) is 28.5. The number of hydrogen-bond acceptors (Lipinski definition) is 6. The second kappa shape index (κ2) is 14.9. The minimum absolute atomic E-state index is 0.132. The average molecular weight is 608 g/mol. The van der Waals surface area contributed by atoms with Crippen LogP contribution >= 0.6 is 0 Å². The van der Waals surface area contributed by atoms with E-state index in [-0.39, 0.29) is 25.3 Å². The van der Waals surface area contributed by atoms with Crippen molar-refractivity contribution in [3.05, 3.63) is 131 Å². The van der Waals surface area contributed by atoms with Crippen molar-refractivity contribution in [2.24, 2.45) is 0 Å². The van der Waals surface area contributed by atoms with Crippen LogP contribution in [0.2, 0.25) is 0 Å². The van der Waals surface area contributed by atoms with Gasteiger partial charge in [-0.25, -0.2) is 9.59 Å². The Morgan fingerprint density at radius 2 is 1.40 bits per heavy atom. The fourth-order valence-corrected chi connectivity index (χ4v) is 5.19. The highest BCUT2D eigenvalue weighted by Gasteiger charge is 2.26. The van der Waals surface area contributed by atoms with E-state index in [0.29, 0.717) is 17.4 Å². The van der Waals surface area contributed by atoms with Crippen molar-refractivity contribution in [1.82, 2.24) is 0 Å². The van der Waals surface area contributed by atoms with Gasteiger partial charge in [-0.15, -0.1) is 0 Å². The number of anilines is 1. The van der Waals surface area contributed by atoms with Crippen molar-refractivity contribution in [2.45, 2.75) is 64.9 Å². The summed E-state index contributed by atoms with van der Waals surface area (Å²) >= 11 is 0. The second-order valence-corrected chi connectivity index (χ2v) is 12.2. The molecule has 1 saturated heterocycles. The van der Waals surface area contributed by atoms with Crippen LogP contribution in [0.3, 0.4) is 0 Å². The molecular formula is C38H41NO6. The predicted octanol–water partition coefficient (Wildman–Crippen LogP) is 8.46. The van der Waals surface area contributed by atoms with Crippen LogP contribution in [0.1, 0.15) is 72.1 Å². The lowest BCUT2D eigenvalue weighted by atomic mass is 9.91. The molecule has 45 heavy (non-hydrogen) atoms. The summed E-state index contributed by atoms with van der Waals surface area (Å²) in [6, 6.07) is 32.7. The van der Waals surface area contributed by atoms with E-state index >= 15 is 0 Å². The van der Waals surface area contributed by atoms with Crippen LogP contribution in [0.15, 0.2) is 103 Å². The van der Waals surface area contributed by atoms with Gasteiger partial charge in [-0.2, -0.15) is 0 Å². The van der Waals surface area contributed by atoms with Gasteiger partial charge in [-0.1, -0.05) is 84.9 Å². The van der Waals surface area contributed by atoms with Crippen molar-refractivity contribution < 1.29 is 28.5 Å². The number of amides is 1. The van der Waals surface area contributed by atoms with Crippen LogP contribution in [-0.4, -0.2) is 30.9 Å². The highest BCUT2D eigenvalue weighted by atomic mass is 16.6. The molecule has 4 aromatic carbocycles. The lowest BCUT2D eigenvalue weighted by Gasteiger charge is -2.28. The Hall–Kier alpha value is -4.62. The normalized spacial score (nSPS) is 13.6. The molecule has 5 rings (SSSR count). The standard InChI is InChI=1S/C38H41NO6/c1-38(2,3)45-37(41)39(25-28-14-16-31(17-15-28)32-20-22-42-23-21-32)33-18-19-34(36(40)44-27-30-12-8-5-9-13-30)35(24-33)43-26-29-10-6-4-7-11-29/h4-19,24,32H,20-23,25-27H2,1-3H3. The molecule has 0 atom stereocenters. The van der Waals surface area contributed by atoms with Gasteiger partial charge < -0.3 is 18.9 Å². The van der Waals surface area contributed by atoms with Gasteiger partial charge >= 0.3 is 12.1 Å². The molecule has 0 aliphatic carbocycles. The van der Waals surface area contributed by atoms with Crippen LogP contribution in [0, 0.1) is 0 Å². The maximum Gasteiger partial charge on any atom is 0.415 e. The molecule has 1 fully saturated rings. The summed E-state index contributed by atoms with van der Waals surface area (Å²) in [7, 11) is 0. The van der Waals surface area contributed by atoms with Crippen molar-refractivity contribution >= 4 is 17.7 Å². The molecule has 7 nitrogen and oxygen atoms in total. The number of rotatable bonds is 10. The molecule has 0 spiro atoms. The third-order valence-electron chi connectivity index (χ3n) is 7.57.